The average Bonchev–Trinajstić information content (AvgIpc) is 1.89. The maximum atomic E-state index is 9.73. The Hall–Kier alpha value is -0.860. The van der Waals surface area contributed by atoms with Crippen molar-refractivity contribution in [3.05, 3.63) is 0 Å². The summed E-state index contributed by atoms with van der Waals surface area (Å²) in [5.41, 5.74) is 0. The summed E-state index contributed by atoms with van der Waals surface area (Å²) in [6.45, 7) is 0.845. The predicted molar refractivity (Wildman–Crippen MR) is 31.9 cm³/mol. The molecule has 0 unspecified atom stereocenters. The second-order valence-electron chi connectivity index (χ2n) is 1.63. The quantitative estimate of drug-likeness (QED) is 0.389. The normalized spacial score (nSPS) is 8.44. The Morgan fingerprint density at radius 3 is 2.56 bits per heavy atom. The van der Waals surface area contributed by atoms with Crippen molar-refractivity contribution < 1.29 is 14.3 Å². The summed E-state index contributed by atoms with van der Waals surface area (Å²) in [5, 5.41) is 0. The van der Waals surface area contributed by atoms with Crippen LogP contribution in [0.3, 0.4) is 0 Å². The van der Waals surface area contributed by atoms with Crippen LogP contribution in [0.15, 0.2) is 0 Å². The molecule has 0 heterocycles. The lowest BCUT2D eigenvalue weighted by atomic mass is 10.3. The van der Waals surface area contributed by atoms with Crippen LogP contribution in [0.25, 0.3) is 0 Å². The summed E-state index contributed by atoms with van der Waals surface area (Å²) in [5.74, 6) is 0. The molecule has 52 valence electrons. The number of hydrogen-bond acceptors (Lipinski definition) is 3. The molecule has 0 atom stereocenters. The van der Waals surface area contributed by atoms with Gasteiger partial charge in [-0.25, -0.2) is 0 Å². The van der Waals surface area contributed by atoms with E-state index in [9.17, 15) is 9.59 Å². The van der Waals surface area contributed by atoms with Crippen LogP contribution in [0.4, 0.5) is 0 Å². The van der Waals surface area contributed by atoms with Crippen LogP contribution < -0.4 is 0 Å². The first kappa shape index (κ1) is 8.14. The highest BCUT2D eigenvalue weighted by Gasteiger charge is 1.85. The highest BCUT2D eigenvalue weighted by Crippen LogP contribution is 1.90. The Bertz CT molecular complexity index is 70.4. The Labute approximate surface area is 54.0 Å². The molecule has 0 aromatic rings. The van der Waals surface area contributed by atoms with Crippen LogP contribution in [-0.4, -0.2) is 19.4 Å². The lowest BCUT2D eigenvalue weighted by molar-refractivity contribution is -0.128. The SMILES string of the molecule is O=CCCCCOC=O. The largest absolute Gasteiger partial charge is 0.468 e. The van der Waals surface area contributed by atoms with Crippen LogP contribution in [0.2, 0.25) is 0 Å². The Kier molecular flexibility index (Phi) is 6.46. The van der Waals surface area contributed by atoms with Crippen molar-refractivity contribution in [2.45, 2.75) is 19.3 Å². The third-order valence-corrected chi connectivity index (χ3v) is 0.902. The minimum atomic E-state index is 0.418. The molecule has 0 aliphatic carbocycles. The van der Waals surface area contributed by atoms with Crippen molar-refractivity contribution in [3.8, 4) is 0 Å². The van der Waals surface area contributed by atoms with Crippen molar-refractivity contribution in [2.24, 2.45) is 0 Å². The molecular weight excluding hydrogens is 120 g/mol. The van der Waals surface area contributed by atoms with Gasteiger partial charge in [-0.05, 0) is 12.8 Å². The highest BCUT2D eigenvalue weighted by atomic mass is 16.5. The summed E-state index contributed by atoms with van der Waals surface area (Å²) >= 11 is 0. The highest BCUT2D eigenvalue weighted by molar-refractivity contribution is 5.48. The molecule has 0 fully saturated rings. The fourth-order valence-corrected chi connectivity index (χ4v) is 0.461. The van der Waals surface area contributed by atoms with E-state index in [0.717, 1.165) is 19.1 Å². The fourth-order valence-electron chi connectivity index (χ4n) is 0.461. The van der Waals surface area contributed by atoms with E-state index in [0.29, 0.717) is 19.5 Å². The van der Waals surface area contributed by atoms with Gasteiger partial charge < -0.3 is 9.53 Å². The van der Waals surface area contributed by atoms with Crippen LogP contribution in [0.1, 0.15) is 19.3 Å². The van der Waals surface area contributed by atoms with Gasteiger partial charge in [0.15, 0.2) is 0 Å². The Morgan fingerprint density at radius 2 is 2.00 bits per heavy atom. The first-order valence-electron chi connectivity index (χ1n) is 2.90. The van der Waals surface area contributed by atoms with Crippen molar-refractivity contribution >= 4 is 12.8 Å². The molecule has 0 aromatic carbocycles. The molecule has 0 aliphatic rings. The molecule has 0 aliphatic heterocycles. The first-order chi connectivity index (χ1) is 4.41. The molecule has 0 amide bonds. The second-order valence-corrected chi connectivity index (χ2v) is 1.63. The van der Waals surface area contributed by atoms with Crippen molar-refractivity contribution in [3.63, 3.8) is 0 Å². The summed E-state index contributed by atoms with van der Waals surface area (Å²) in [4.78, 5) is 19.3. The molecule has 0 N–H and O–H groups in total. The van der Waals surface area contributed by atoms with Gasteiger partial charge in [0.2, 0.25) is 0 Å². The standard InChI is InChI=1S/C6H10O3/c7-4-2-1-3-5-9-6-8/h4,6H,1-3,5H2. The van der Waals surface area contributed by atoms with Gasteiger partial charge in [0, 0.05) is 6.42 Å². The molecule has 0 bridgehead atoms. The van der Waals surface area contributed by atoms with E-state index < -0.39 is 0 Å². The van der Waals surface area contributed by atoms with E-state index in [-0.39, 0.29) is 0 Å². The Morgan fingerprint density at radius 1 is 1.22 bits per heavy atom. The minimum Gasteiger partial charge on any atom is -0.468 e. The topological polar surface area (TPSA) is 43.4 Å². The molecule has 0 saturated heterocycles. The van der Waals surface area contributed by atoms with E-state index in [4.69, 9.17) is 0 Å². The summed E-state index contributed by atoms with van der Waals surface area (Å²) < 4.78 is 4.38. The van der Waals surface area contributed by atoms with E-state index >= 15 is 0 Å². The second kappa shape index (κ2) is 7.14. The molecule has 0 radical (unpaired) electrons. The third kappa shape index (κ3) is 7.14. The third-order valence-electron chi connectivity index (χ3n) is 0.902. The van der Waals surface area contributed by atoms with Gasteiger partial charge in [0.05, 0.1) is 6.61 Å². The summed E-state index contributed by atoms with van der Waals surface area (Å²) in [6.07, 6.45) is 3.00. The minimum absolute atomic E-state index is 0.418. The van der Waals surface area contributed by atoms with E-state index in [1.807, 2.05) is 0 Å². The Balaban J connectivity index is 2.74. The number of rotatable bonds is 6. The van der Waals surface area contributed by atoms with E-state index in [1.54, 1.807) is 0 Å². The van der Waals surface area contributed by atoms with Crippen LogP contribution in [0, 0.1) is 0 Å². The van der Waals surface area contributed by atoms with Crippen molar-refractivity contribution in [1.29, 1.82) is 0 Å². The number of hydrogen-bond donors (Lipinski definition) is 0. The molecule has 9 heavy (non-hydrogen) atoms. The smallest absolute Gasteiger partial charge is 0.293 e. The van der Waals surface area contributed by atoms with Crippen molar-refractivity contribution in [2.75, 3.05) is 6.61 Å². The zero-order chi connectivity index (χ0) is 6.95. The number of ether oxygens (including phenoxy) is 1. The van der Waals surface area contributed by atoms with Crippen LogP contribution in [-0.2, 0) is 14.3 Å². The van der Waals surface area contributed by atoms with Gasteiger partial charge in [0.1, 0.15) is 6.29 Å². The molecule has 0 spiro atoms. The zero-order valence-electron chi connectivity index (χ0n) is 5.21. The maximum absolute atomic E-state index is 9.73. The average molecular weight is 130 g/mol. The molecule has 0 rings (SSSR count). The monoisotopic (exact) mass is 130 g/mol. The summed E-state index contributed by atoms with van der Waals surface area (Å²) in [6, 6.07) is 0. The first-order valence-corrected chi connectivity index (χ1v) is 2.90. The van der Waals surface area contributed by atoms with Gasteiger partial charge in [-0.15, -0.1) is 0 Å². The lowest BCUT2D eigenvalue weighted by Gasteiger charge is -1.93. The fraction of sp³-hybridized carbons (Fsp3) is 0.667. The molecule has 0 aromatic heterocycles. The number of carbonyl (C=O) groups excluding carboxylic acids is 2. The molecule has 3 heteroatoms. The van der Waals surface area contributed by atoms with Gasteiger partial charge in [-0.3, -0.25) is 4.79 Å². The number of aldehydes is 1. The number of carbonyl (C=O) groups is 2. The maximum Gasteiger partial charge on any atom is 0.293 e. The van der Waals surface area contributed by atoms with Crippen LogP contribution in [0.5, 0.6) is 0 Å². The molecule has 0 saturated carbocycles. The van der Waals surface area contributed by atoms with Gasteiger partial charge in [-0.2, -0.15) is 0 Å². The number of unbranched alkanes of at least 4 members (excludes halogenated alkanes) is 2. The summed E-state index contributed by atoms with van der Waals surface area (Å²) in [7, 11) is 0. The zero-order valence-corrected chi connectivity index (χ0v) is 5.21. The van der Waals surface area contributed by atoms with Crippen molar-refractivity contribution in [1.82, 2.24) is 0 Å². The molecule has 3 nitrogen and oxygen atoms in total. The van der Waals surface area contributed by atoms with E-state index in [1.165, 1.54) is 0 Å². The molecular formula is C6H10O3. The lowest BCUT2D eigenvalue weighted by Crippen LogP contribution is -1.90. The van der Waals surface area contributed by atoms with Gasteiger partial charge >= 0.3 is 0 Å². The van der Waals surface area contributed by atoms with Gasteiger partial charge in [0.25, 0.3) is 6.47 Å². The van der Waals surface area contributed by atoms with E-state index in [2.05, 4.69) is 4.74 Å². The predicted octanol–water partition coefficient (Wildman–Crippen LogP) is 0.529. The van der Waals surface area contributed by atoms with Crippen LogP contribution >= 0.6 is 0 Å². The van der Waals surface area contributed by atoms with Gasteiger partial charge in [-0.1, -0.05) is 0 Å².